The van der Waals surface area contributed by atoms with Gasteiger partial charge in [-0.15, -0.1) is 0 Å². The minimum atomic E-state index is -0.627. The smallest absolute Gasteiger partial charge is 0.343 e. The van der Waals surface area contributed by atoms with Gasteiger partial charge in [0.25, 0.3) is 0 Å². The number of nitrogens with one attached hydrogen (secondary N) is 1. The number of pyridine rings is 1. The van der Waals surface area contributed by atoms with Gasteiger partial charge in [0.2, 0.25) is 0 Å². The maximum atomic E-state index is 12.7. The first-order valence-corrected chi connectivity index (χ1v) is 11.4. The highest BCUT2D eigenvalue weighted by Crippen LogP contribution is 2.32. The number of esters is 1. The lowest BCUT2D eigenvalue weighted by atomic mass is 9.87. The molecule has 0 amide bonds. The van der Waals surface area contributed by atoms with Crippen LogP contribution in [0.2, 0.25) is 0 Å². The molecule has 0 radical (unpaired) electrons. The van der Waals surface area contributed by atoms with Gasteiger partial charge < -0.3 is 18.9 Å². The van der Waals surface area contributed by atoms with Gasteiger partial charge in [-0.05, 0) is 51.9 Å². The van der Waals surface area contributed by atoms with Crippen molar-refractivity contribution in [1.82, 2.24) is 9.47 Å². The molecule has 7 heteroatoms. The molecular weight excluding hydrogens is 418 g/mol. The molecule has 0 bridgehead atoms. The minimum absolute atomic E-state index is 0.00849. The van der Waals surface area contributed by atoms with E-state index in [4.69, 9.17) is 14.9 Å². The summed E-state index contributed by atoms with van der Waals surface area (Å²) < 4.78 is 12.8. The van der Waals surface area contributed by atoms with E-state index in [1.165, 1.54) is 6.07 Å². The molecule has 1 atom stereocenters. The van der Waals surface area contributed by atoms with E-state index in [1.807, 2.05) is 37.7 Å². The molecular formula is C26H37N3O4. The quantitative estimate of drug-likeness (QED) is 0.439. The summed E-state index contributed by atoms with van der Waals surface area (Å²) in [6.07, 6.45) is 9.68. The van der Waals surface area contributed by atoms with Crippen molar-refractivity contribution in [2.24, 2.45) is 5.41 Å². The third-order valence-corrected chi connectivity index (χ3v) is 5.65. The minimum Gasteiger partial charge on any atom is -0.491 e. The zero-order valence-electron chi connectivity index (χ0n) is 20.9. The van der Waals surface area contributed by atoms with Crippen LogP contribution in [-0.2, 0) is 9.47 Å². The molecule has 0 aliphatic heterocycles. The second-order valence-corrected chi connectivity index (χ2v) is 9.52. The number of carbonyl (C=O) groups excluding carboxylic acids is 1. The van der Waals surface area contributed by atoms with E-state index in [0.29, 0.717) is 23.6 Å². The summed E-state index contributed by atoms with van der Waals surface area (Å²) in [6.45, 7) is 11.7. The summed E-state index contributed by atoms with van der Waals surface area (Å²) in [7, 11) is 4.02. The molecule has 0 aromatic carbocycles. The zero-order valence-corrected chi connectivity index (χ0v) is 20.9. The van der Waals surface area contributed by atoms with E-state index in [2.05, 4.69) is 25.7 Å². The molecule has 2 rings (SSSR count). The van der Waals surface area contributed by atoms with Crippen molar-refractivity contribution < 1.29 is 14.3 Å². The number of hydrogen-bond acceptors (Lipinski definition) is 6. The molecule has 180 valence electrons. The van der Waals surface area contributed by atoms with Gasteiger partial charge >= 0.3 is 5.97 Å². The highest BCUT2D eigenvalue weighted by atomic mass is 16.5. The summed E-state index contributed by atoms with van der Waals surface area (Å²) in [6, 6.07) is 1.41. The number of allylic oxidation sites excluding steroid dienone is 4. The molecule has 0 saturated heterocycles. The number of nitrogens with zero attached hydrogens (tertiary/aromatic N) is 2. The van der Waals surface area contributed by atoms with Crippen LogP contribution in [0.1, 0.15) is 63.1 Å². The predicted octanol–water partition coefficient (Wildman–Crippen LogP) is 4.46. The number of carbonyl (C=O) groups is 1. The summed E-state index contributed by atoms with van der Waals surface area (Å²) in [5.41, 5.74) is 0.991. The lowest BCUT2D eigenvalue weighted by Gasteiger charge is -2.31. The van der Waals surface area contributed by atoms with E-state index >= 15 is 0 Å². The normalized spacial score (nSPS) is 16.2. The Kier molecular flexibility index (Phi) is 8.99. The van der Waals surface area contributed by atoms with E-state index in [1.54, 1.807) is 25.3 Å². The molecule has 1 N–H and O–H groups in total. The summed E-state index contributed by atoms with van der Waals surface area (Å²) in [5, 5.41) is 8.61. The number of aromatic nitrogens is 1. The van der Waals surface area contributed by atoms with Crippen molar-refractivity contribution in [2.75, 3.05) is 33.9 Å². The second kappa shape index (κ2) is 11.3. The molecule has 1 aliphatic carbocycles. The van der Waals surface area contributed by atoms with Gasteiger partial charge in [0.1, 0.15) is 17.0 Å². The number of rotatable bonds is 9. The number of hydrogen-bond donors (Lipinski definition) is 1. The Morgan fingerprint density at radius 2 is 2.00 bits per heavy atom. The van der Waals surface area contributed by atoms with Crippen molar-refractivity contribution in [1.29, 1.82) is 5.41 Å². The van der Waals surface area contributed by atoms with Crippen molar-refractivity contribution in [3.63, 3.8) is 0 Å². The van der Waals surface area contributed by atoms with Crippen LogP contribution in [0.25, 0.3) is 6.08 Å². The topological polar surface area (TPSA) is 84.6 Å². The number of ether oxygens (including phenoxy) is 2. The first-order chi connectivity index (χ1) is 15.5. The van der Waals surface area contributed by atoms with Crippen LogP contribution in [0.4, 0.5) is 0 Å². The fraction of sp³-hybridized carbons (Fsp3) is 0.500. The molecule has 0 fully saturated rings. The zero-order chi connectivity index (χ0) is 24.8. The molecule has 1 aromatic heterocycles. The van der Waals surface area contributed by atoms with Gasteiger partial charge in [0.05, 0.1) is 13.2 Å². The Balaban J connectivity index is 2.42. The van der Waals surface area contributed by atoms with Crippen LogP contribution in [0, 0.1) is 10.8 Å². The van der Waals surface area contributed by atoms with Crippen molar-refractivity contribution in [2.45, 2.75) is 47.1 Å². The molecule has 0 saturated carbocycles. The van der Waals surface area contributed by atoms with Crippen molar-refractivity contribution >= 4 is 17.8 Å². The Labute approximate surface area is 196 Å². The third-order valence-electron chi connectivity index (χ3n) is 5.65. The maximum Gasteiger partial charge on any atom is 0.343 e. The van der Waals surface area contributed by atoms with Crippen LogP contribution < -0.4 is 5.43 Å². The van der Waals surface area contributed by atoms with Gasteiger partial charge in [-0.25, -0.2) is 4.79 Å². The van der Waals surface area contributed by atoms with Crippen molar-refractivity contribution in [3.8, 4) is 0 Å². The molecule has 1 unspecified atom stereocenters. The molecule has 1 aromatic rings. The Hall–Kier alpha value is -2.93. The summed E-state index contributed by atoms with van der Waals surface area (Å²) in [5.74, 6) is -0.123. The van der Waals surface area contributed by atoms with Crippen LogP contribution in [0.5, 0.6) is 0 Å². The standard InChI is InChI=1S/C26H37N3O4/c1-8-32-25(31)21-17-29(18(2)26(3,4)5)20(16-22(21)30)15-19-11-9-12-23(24(19)27)33-14-10-13-28(6)7/h9,11-12,15-18,27H,8,10,13-14H2,1-7H3/b19-15+,27-24?. The first kappa shape index (κ1) is 26.3. The Bertz CT molecular complexity index is 1020. The SMILES string of the molecule is CCOC(=O)c1cn(C(C)C(C)(C)C)c(/C=C2\C=CC=C(OCCCN(C)C)C2=N)cc1=O. The summed E-state index contributed by atoms with van der Waals surface area (Å²) >= 11 is 0. The lowest BCUT2D eigenvalue weighted by molar-refractivity contribution is 0.0523. The largest absolute Gasteiger partial charge is 0.491 e. The van der Waals surface area contributed by atoms with E-state index in [-0.39, 0.29) is 29.3 Å². The average molecular weight is 456 g/mol. The van der Waals surface area contributed by atoms with Gasteiger partial charge in [-0.2, -0.15) is 0 Å². The third kappa shape index (κ3) is 7.02. The van der Waals surface area contributed by atoms with Crippen LogP contribution in [-0.4, -0.2) is 55.0 Å². The molecule has 1 heterocycles. The van der Waals surface area contributed by atoms with Crippen LogP contribution >= 0.6 is 0 Å². The maximum absolute atomic E-state index is 12.7. The van der Waals surface area contributed by atoms with Gasteiger partial charge in [-0.1, -0.05) is 32.9 Å². The molecule has 1 aliphatic rings. The lowest BCUT2D eigenvalue weighted by Crippen LogP contribution is -2.27. The molecule has 7 nitrogen and oxygen atoms in total. The van der Waals surface area contributed by atoms with Gasteiger partial charge in [0, 0.05) is 36.1 Å². The highest BCUT2D eigenvalue weighted by molar-refractivity contribution is 6.14. The molecule has 33 heavy (non-hydrogen) atoms. The Morgan fingerprint density at radius 1 is 1.30 bits per heavy atom. The predicted molar refractivity (Wildman–Crippen MR) is 133 cm³/mol. The monoisotopic (exact) mass is 455 g/mol. The van der Waals surface area contributed by atoms with Crippen LogP contribution in [0.15, 0.2) is 46.6 Å². The van der Waals surface area contributed by atoms with Gasteiger partial charge in [-0.3, -0.25) is 10.2 Å². The van der Waals surface area contributed by atoms with E-state index in [9.17, 15) is 9.59 Å². The average Bonchev–Trinajstić information content (AvgIpc) is 2.72. The fourth-order valence-electron chi connectivity index (χ4n) is 3.31. The van der Waals surface area contributed by atoms with Gasteiger partial charge in [0.15, 0.2) is 5.43 Å². The van der Waals surface area contributed by atoms with Crippen LogP contribution in [0.3, 0.4) is 0 Å². The summed E-state index contributed by atoms with van der Waals surface area (Å²) in [4.78, 5) is 27.2. The Morgan fingerprint density at radius 3 is 2.61 bits per heavy atom. The first-order valence-electron chi connectivity index (χ1n) is 11.4. The van der Waals surface area contributed by atoms with Crippen molar-refractivity contribution in [3.05, 3.63) is 63.3 Å². The highest BCUT2D eigenvalue weighted by Gasteiger charge is 2.25. The second-order valence-electron chi connectivity index (χ2n) is 9.52. The molecule has 0 spiro atoms. The van der Waals surface area contributed by atoms with E-state index < -0.39 is 11.4 Å². The fourth-order valence-corrected chi connectivity index (χ4v) is 3.31. The van der Waals surface area contributed by atoms with E-state index in [0.717, 1.165) is 13.0 Å².